The van der Waals surface area contributed by atoms with Gasteiger partial charge in [-0.2, -0.15) is 4.98 Å². The molecule has 1 fully saturated rings. The number of benzene rings is 2. The van der Waals surface area contributed by atoms with Gasteiger partial charge in [0, 0.05) is 18.5 Å². The van der Waals surface area contributed by atoms with Crippen LogP contribution in [0.2, 0.25) is 0 Å². The van der Waals surface area contributed by atoms with Crippen molar-refractivity contribution in [2.45, 2.75) is 31.4 Å². The van der Waals surface area contributed by atoms with Gasteiger partial charge in [-0.05, 0) is 55.2 Å². The number of hydrogen-bond donors (Lipinski definition) is 3. The Morgan fingerprint density at radius 3 is 2.26 bits per heavy atom. The molecule has 7 nitrogen and oxygen atoms in total. The molecule has 0 saturated heterocycles. The summed E-state index contributed by atoms with van der Waals surface area (Å²) in [5, 5.41) is 4.20. The fraction of sp³-hybridized carbons (Fsp3) is 0.391. The largest absolute Gasteiger partial charge is 0.383 e. The lowest BCUT2D eigenvalue weighted by Crippen LogP contribution is -2.33. The van der Waals surface area contributed by atoms with Crippen LogP contribution in [0.4, 0.5) is 11.8 Å². The molecule has 4 rings (SSSR count). The molecular formula is C23H29N5O2S. The van der Waals surface area contributed by atoms with Crippen LogP contribution in [0.15, 0.2) is 54.6 Å². The first-order valence-electron chi connectivity index (χ1n) is 10.8. The molecule has 1 aliphatic carbocycles. The Hall–Kier alpha value is -2.71. The van der Waals surface area contributed by atoms with Crippen LogP contribution in [-0.4, -0.2) is 31.5 Å². The van der Waals surface area contributed by atoms with Crippen molar-refractivity contribution in [3.8, 4) is 0 Å². The van der Waals surface area contributed by atoms with Crippen LogP contribution in [0.5, 0.6) is 0 Å². The highest BCUT2D eigenvalue weighted by Gasteiger charge is 2.23. The van der Waals surface area contributed by atoms with E-state index >= 15 is 0 Å². The lowest BCUT2D eigenvalue weighted by Gasteiger charge is -2.28. The van der Waals surface area contributed by atoms with Crippen molar-refractivity contribution >= 4 is 32.7 Å². The first kappa shape index (κ1) is 21.5. The maximum Gasteiger partial charge on any atom is 0.225 e. The molecule has 1 aliphatic rings. The number of aromatic nitrogens is 2. The van der Waals surface area contributed by atoms with E-state index in [-0.39, 0.29) is 5.75 Å². The molecule has 2 aromatic carbocycles. The van der Waals surface area contributed by atoms with Crippen molar-refractivity contribution in [1.82, 2.24) is 14.7 Å². The number of nitrogen functional groups attached to an aromatic ring is 1. The average Bonchev–Trinajstić information content (AvgIpc) is 2.77. The van der Waals surface area contributed by atoms with Crippen molar-refractivity contribution in [1.29, 1.82) is 0 Å². The Morgan fingerprint density at radius 1 is 0.871 bits per heavy atom. The van der Waals surface area contributed by atoms with Gasteiger partial charge in [-0.15, -0.1) is 0 Å². The third-order valence-electron chi connectivity index (χ3n) is 5.94. The number of nitrogens with one attached hydrogen (secondary N) is 2. The highest BCUT2D eigenvalue weighted by Crippen LogP contribution is 2.29. The summed E-state index contributed by atoms with van der Waals surface area (Å²) in [7, 11) is -3.31. The standard InChI is InChI=1S/C23H29N5O2S/c24-22-20-8-4-5-9-21(20)27-23(28-22)25-14-17-10-12-18(13-11-17)15-26-31(29,30)16-19-6-2-1-3-7-19/h1-9,17-18,26H,10-16H2,(H3,24,25,27,28). The molecule has 1 heterocycles. The van der Waals surface area contributed by atoms with Gasteiger partial charge in [0.05, 0.1) is 11.3 Å². The van der Waals surface area contributed by atoms with E-state index in [4.69, 9.17) is 5.73 Å². The van der Waals surface area contributed by atoms with Gasteiger partial charge in [-0.1, -0.05) is 42.5 Å². The van der Waals surface area contributed by atoms with Gasteiger partial charge in [0.2, 0.25) is 16.0 Å². The number of anilines is 2. The smallest absolute Gasteiger partial charge is 0.225 e. The minimum absolute atomic E-state index is 0.0298. The summed E-state index contributed by atoms with van der Waals surface area (Å²) in [4.78, 5) is 8.92. The summed E-state index contributed by atoms with van der Waals surface area (Å²) in [6, 6.07) is 17.0. The zero-order valence-corrected chi connectivity index (χ0v) is 18.3. The Balaban J connectivity index is 1.22. The van der Waals surface area contributed by atoms with Crippen LogP contribution in [0.1, 0.15) is 31.2 Å². The molecule has 31 heavy (non-hydrogen) atoms. The van der Waals surface area contributed by atoms with Gasteiger partial charge in [0.25, 0.3) is 0 Å². The number of para-hydroxylation sites is 1. The second kappa shape index (κ2) is 9.62. The first-order chi connectivity index (χ1) is 15.0. The monoisotopic (exact) mass is 439 g/mol. The number of nitrogens with two attached hydrogens (primary N) is 1. The zero-order valence-electron chi connectivity index (χ0n) is 17.5. The van der Waals surface area contributed by atoms with E-state index in [1.807, 2.05) is 54.6 Å². The van der Waals surface area contributed by atoms with Crippen molar-refractivity contribution in [2.75, 3.05) is 24.1 Å². The van der Waals surface area contributed by atoms with E-state index in [0.717, 1.165) is 48.7 Å². The molecule has 164 valence electrons. The van der Waals surface area contributed by atoms with Crippen molar-refractivity contribution in [3.63, 3.8) is 0 Å². The van der Waals surface area contributed by atoms with E-state index in [9.17, 15) is 8.42 Å². The molecule has 3 aromatic rings. The minimum Gasteiger partial charge on any atom is -0.383 e. The van der Waals surface area contributed by atoms with Gasteiger partial charge >= 0.3 is 0 Å². The van der Waals surface area contributed by atoms with Crippen LogP contribution in [0, 0.1) is 11.8 Å². The summed E-state index contributed by atoms with van der Waals surface area (Å²) in [5.74, 6) is 1.98. The third kappa shape index (κ3) is 5.92. The Morgan fingerprint density at radius 2 is 1.52 bits per heavy atom. The second-order valence-corrected chi connectivity index (χ2v) is 10.1. The molecule has 0 bridgehead atoms. The predicted molar refractivity (Wildman–Crippen MR) is 125 cm³/mol. The summed E-state index contributed by atoms with van der Waals surface area (Å²) >= 11 is 0. The maximum atomic E-state index is 12.3. The van der Waals surface area contributed by atoms with E-state index in [1.54, 1.807) is 0 Å². The number of rotatable bonds is 8. The maximum absolute atomic E-state index is 12.3. The van der Waals surface area contributed by atoms with Crippen LogP contribution >= 0.6 is 0 Å². The van der Waals surface area contributed by atoms with Gasteiger partial charge < -0.3 is 11.1 Å². The summed E-state index contributed by atoms with van der Waals surface area (Å²) < 4.78 is 27.5. The SMILES string of the molecule is Nc1nc(NCC2CCC(CNS(=O)(=O)Cc3ccccc3)CC2)nc2ccccc12. The Bertz CT molecular complexity index is 1110. The van der Waals surface area contributed by atoms with Gasteiger partial charge in [0.15, 0.2) is 0 Å². The van der Waals surface area contributed by atoms with Gasteiger partial charge in [-0.3, -0.25) is 0 Å². The normalized spacial score (nSPS) is 19.4. The molecule has 4 N–H and O–H groups in total. The van der Waals surface area contributed by atoms with Crippen LogP contribution in [0.25, 0.3) is 10.9 Å². The predicted octanol–water partition coefficient (Wildman–Crippen LogP) is 3.55. The van der Waals surface area contributed by atoms with Crippen molar-refractivity contribution in [3.05, 3.63) is 60.2 Å². The van der Waals surface area contributed by atoms with Crippen molar-refractivity contribution < 1.29 is 8.42 Å². The average molecular weight is 440 g/mol. The molecule has 0 radical (unpaired) electrons. The molecule has 8 heteroatoms. The number of fused-ring (bicyclic) bond motifs is 1. The number of sulfonamides is 1. The molecule has 0 spiro atoms. The van der Waals surface area contributed by atoms with Crippen LogP contribution in [-0.2, 0) is 15.8 Å². The minimum atomic E-state index is -3.31. The number of nitrogens with zero attached hydrogens (tertiary/aromatic N) is 2. The summed E-state index contributed by atoms with van der Waals surface area (Å²) in [5.41, 5.74) is 7.70. The Labute approximate surface area is 183 Å². The molecule has 0 atom stereocenters. The molecular weight excluding hydrogens is 410 g/mol. The molecule has 0 amide bonds. The summed E-state index contributed by atoms with van der Waals surface area (Å²) in [6.45, 7) is 1.31. The fourth-order valence-electron chi connectivity index (χ4n) is 4.15. The van der Waals surface area contributed by atoms with E-state index in [2.05, 4.69) is 20.0 Å². The van der Waals surface area contributed by atoms with Gasteiger partial charge in [0.1, 0.15) is 5.82 Å². The second-order valence-electron chi connectivity index (χ2n) is 8.31. The van der Waals surface area contributed by atoms with E-state index in [1.165, 1.54) is 0 Å². The molecule has 0 aliphatic heterocycles. The highest BCUT2D eigenvalue weighted by atomic mass is 32.2. The zero-order chi connectivity index (χ0) is 21.7. The third-order valence-corrected chi connectivity index (χ3v) is 7.26. The summed E-state index contributed by atoms with van der Waals surface area (Å²) in [6.07, 6.45) is 4.14. The fourth-order valence-corrected chi connectivity index (χ4v) is 5.37. The van der Waals surface area contributed by atoms with E-state index < -0.39 is 10.0 Å². The quantitative estimate of drug-likeness (QED) is 0.495. The highest BCUT2D eigenvalue weighted by molar-refractivity contribution is 7.88. The number of hydrogen-bond acceptors (Lipinski definition) is 6. The lowest BCUT2D eigenvalue weighted by molar-refractivity contribution is 0.284. The molecule has 1 aromatic heterocycles. The lowest BCUT2D eigenvalue weighted by atomic mass is 9.82. The molecule has 1 saturated carbocycles. The first-order valence-corrected chi connectivity index (χ1v) is 12.4. The molecule has 0 unspecified atom stereocenters. The van der Waals surface area contributed by atoms with Crippen molar-refractivity contribution in [2.24, 2.45) is 11.8 Å². The van der Waals surface area contributed by atoms with E-state index in [0.29, 0.717) is 30.1 Å². The van der Waals surface area contributed by atoms with Crippen LogP contribution < -0.4 is 15.8 Å². The topological polar surface area (TPSA) is 110 Å². The van der Waals surface area contributed by atoms with Gasteiger partial charge in [-0.25, -0.2) is 18.1 Å². The van der Waals surface area contributed by atoms with Crippen LogP contribution in [0.3, 0.4) is 0 Å². The Kier molecular flexibility index (Phi) is 6.67.